The molecule has 0 aliphatic carbocycles. The molecule has 1 aliphatic rings. The van der Waals surface area contributed by atoms with Gasteiger partial charge in [0, 0.05) is 37.4 Å². The Balaban J connectivity index is 0.00000300. The minimum absolute atomic E-state index is 0. The summed E-state index contributed by atoms with van der Waals surface area (Å²) in [5.41, 5.74) is 5.73. The lowest BCUT2D eigenvalue weighted by Crippen LogP contribution is -2.49. The molecule has 0 bridgehead atoms. The molecule has 0 spiro atoms. The zero-order valence-corrected chi connectivity index (χ0v) is 19.2. The molecule has 1 unspecified atom stereocenters. The molecule has 1 saturated heterocycles. The Labute approximate surface area is 181 Å². The number of nitrogens with one attached hydrogen (secondary N) is 1. The normalized spacial score (nSPS) is 16.8. The standard InChI is InChI=1S/C23H34N4O.ClH/c1-6-19-7-9-20(10-8-19)22-14-24-11-12-26(22)23(28)13-21-17(4)25-27(18(21)5)15-16(2)3;/h7-10,16,22,24H,6,11-15H2,1-5H3;1H. The largest absolute Gasteiger partial charge is 0.333 e. The van der Waals surface area contributed by atoms with Crippen molar-refractivity contribution in [1.82, 2.24) is 20.0 Å². The van der Waals surface area contributed by atoms with Gasteiger partial charge in [-0.3, -0.25) is 9.48 Å². The molecule has 1 atom stereocenters. The number of hydrogen-bond acceptors (Lipinski definition) is 3. The van der Waals surface area contributed by atoms with Gasteiger partial charge in [0.05, 0.1) is 18.2 Å². The van der Waals surface area contributed by atoms with Crippen LogP contribution < -0.4 is 5.32 Å². The average molecular weight is 419 g/mol. The van der Waals surface area contributed by atoms with E-state index in [-0.39, 0.29) is 24.4 Å². The van der Waals surface area contributed by atoms with Crippen molar-refractivity contribution in [3.63, 3.8) is 0 Å². The molecule has 2 aromatic rings. The molecule has 1 amide bonds. The van der Waals surface area contributed by atoms with E-state index >= 15 is 0 Å². The van der Waals surface area contributed by atoms with Gasteiger partial charge in [0.15, 0.2) is 0 Å². The first-order chi connectivity index (χ1) is 13.4. The summed E-state index contributed by atoms with van der Waals surface area (Å²) >= 11 is 0. The third-order valence-corrected chi connectivity index (χ3v) is 5.73. The topological polar surface area (TPSA) is 50.2 Å². The van der Waals surface area contributed by atoms with E-state index in [2.05, 4.69) is 72.0 Å². The predicted octanol–water partition coefficient (Wildman–Crippen LogP) is 3.86. The van der Waals surface area contributed by atoms with Gasteiger partial charge in [0.1, 0.15) is 0 Å². The first kappa shape index (κ1) is 23.4. The molecule has 3 rings (SSSR count). The molecule has 1 aromatic carbocycles. The Bertz CT molecular complexity index is 813. The second kappa shape index (κ2) is 10.3. The van der Waals surface area contributed by atoms with Crippen molar-refractivity contribution in [3.05, 3.63) is 52.3 Å². The van der Waals surface area contributed by atoms with Gasteiger partial charge >= 0.3 is 0 Å². The summed E-state index contributed by atoms with van der Waals surface area (Å²) in [4.78, 5) is 15.3. The third-order valence-electron chi connectivity index (χ3n) is 5.73. The second-order valence-electron chi connectivity index (χ2n) is 8.30. The van der Waals surface area contributed by atoms with Crippen LogP contribution in [-0.2, 0) is 24.2 Å². The molecular formula is C23H35ClN4O. The van der Waals surface area contributed by atoms with Crippen LogP contribution in [0.2, 0.25) is 0 Å². The fourth-order valence-corrected chi connectivity index (χ4v) is 4.04. The second-order valence-corrected chi connectivity index (χ2v) is 8.30. The summed E-state index contributed by atoms with van der Waals surface area (Å²) in [6.45, 7) is 13.9. The van der Waals surface area contributed by atoms with Crippen LogP contribution in [0.25, 0.3) is 0 Å². The summed E-state index contributed by atoms with van der Waals surface area (Å²) in [6.07, 6.45) is 1.46. The van der Waals surface area contributed by atoms with Crippen LogP contribution in [-0.4, -0.2) is 40.2 Å². The number of piperazine rings is 1. The third kappa shape index (κ3) is 5.40. The van der Waals surface area contributed by atoms with E-state index in [0.29, 0.717) is 12.3 Å². The summed E-state index contributed by atoms with van der Waals surface area (Å²) in [5, 5.41) is 8.13. The van der Waals surface area contributed by atoms with Gasteiger partial charge in [-0.25, -0.2) is 0 Å². The number of benzene rings is 1. The van der Waals surface area contributed by atoms with Gasteiger partial charge < -0.3 is 10.2 Å². The van der Waals surface area contributed by atoms with Gasteiger partial charge in [-0.05, 0) is 37.3 Å². The number of hydrogen-bond donors (Lipinski definition) is 1. The minimum Gasteiger partial charge on any atom is -0.333 e. The monoisotopic (exact) mass is 418 g/mol. The van der Waals surface area contributed by atoms with Gasteiger partial charge in [0.25, 0.3) is 0 Å². The highest BCUT2D eigenvalue weighted by Gasteiger charge is 2.29. The highest BCUT2D eigenvalue weighted by atomic mass is 35.5. The van der Waals surface area contributed by atoms with Crippen LogP contribution in [0.15, 0.2) is 24.3 Å². The van der Waals surface area contributed by atoms with E-state index in [4.69, 9.17) is 0 Å². The Kier molecular flexibility index (Phi) is 8.29. The van der Waals surface area contributed by atoms with E-state index < -0.39 is 0 Å². The number of nitrogens with zero attached hydrogens (tertiary/aromatic N) is 3. The van der Waals surface area contributed by atoms with Crippen molar-refractivity contribution in [2.24, 2.45) is 5.92 Å². The van der Waals surface area contributed by atoms with Crippen molar-refractivity contribution >= 4 is 18.3 Å². The van der Waals surface area contributed by atoms with E-state index in [1.807, 2.05) is 6.92 Å². The highest BCUT2D eigenvalue weighted by molar-refractivity contribution is 5.85. The number of carbonyl (C=O) groups is 1. The first-order valence-electron chi connectivity index (χ1n) is 10.5. The quantitative estimate of drug-likeness (QED) is 0.774. The lowest BCUT2D eigenvalue weighted by Gasteiger charge is -2.37. The number of aromatic nitrogens is 2. The van der Waals surface area contributed by atoms with E-state index in [9.17, 15) is 4.79 Å². The molecule has 160 valence electrons. The summed E-state index contributed by atoms with van der Waals surface area (Å²) in [6, 6.07) is 8.80. The van der Waals surface area contributed by atoms with Crippen LogP contribution in [0, 0.1) is 19.8 Å². The van der Waals surface area contributed by atoms with Crippen LogP contribution in [0.1, 0.15) is 54.9 Å². The Morgan fingerprint density at radius 1 is 1.24 bits per heavy atom. The van der Waals surface area contributed by atoms with Crippen molar-refractivity contribution in [1.29, 1.82) is 0 Å². The van der Waals surface area contributed by atoms with Crippen molar-refractivity contribution in [2.75, 3.05) is 19.6 Å². The number of halogens is 1. The number of amides is 1. The molecule has 0 saturated carbocycles. The molecule has 1 N–H and O–H groups in total. The summed E-state index contributed by atoms with van der Waals surface area (Å²) < 4.78 is 2.06. The molecule has 1 fully saturated rings. The number of aryl methyl sites for hydroxylation is 2. The van der Waals surface area contributed by atoms with Crippen LogP contribution >= 0.6 is 12.4 Å². The Hall–Kier alpha value is -1.85. The molecular weight excluding hydrogens is 384 g/mol. The van der Waals surface area contributed by atoms with Crippen LogP contribution in [0.4, 0.5) is 0 Å². The fourth-order valence-electron chi connectivity index (χ4n) is 4.04. The summed E-state index contributed by atoms with van der Waals surface area (Å²) in [5.74, 6) is 0.728. The Morgan fingerprint density at radius 3 is 2.55 bits per heavy atom. The maximum absolute atomic E-state index is 13.3. The van der Waals surface area contributed by atoms with E-state index in [1.54, 1.807) is 0 Å². The van der Waals surface area contributed by atoms with Gasteiger partial charge in [-0.2, -0.15) is 5.10 Å². The molecule has 6 heteroatoms. The number of carbonyl (C=O) groups excluding carboxylic acids is 1. The smallest absolute Gasteiger partial charge is 0.227 e. The van der Waals surface area contributed by atoms with Crippen LogP contribution in [0.3, 0.4) is 0 Å². The first-order valence-corrected chi connectivity index (χ1v) is 10.5. The van der Waals surface area contributed by atoms with E-state index in [1.165, 1.54) is 11.1 Å². The van der Waals surface area contributed by atoms with Gasteiger partial charge in [-0.15, -0.1) is 12.4 Å². The Morgan fingerprint density at radius 2 is 1.93 bits per heavy atom. The molecule has 29 heavy (non-hydrogen) atoms. The lowest BCUT2D eigenvalue weighted by molar-refractivity contribution is -0.133. The van der Waals surface area contributed by atoms with Crippen molar-refractivity contribution in [3.8, 4) is 0 Å². The molecule has 0 radical (unpaired) electrons. The lowest BCUT2D eigenvalue weighted by atomic mass is 9.99. The fraction of sp³-hybridized carbons (Fsp3) is 0.565. The number of rotatable bonds is 6. The zero-order chi connectivity index (χ0) is 20.3. The zero-order valence-electron chi connectivity index (χ0n) is 18.4. The minimum atomic E-state index is 0. The van der Waals surface area contributed by atoms with Crippen molar-refractivity contribution < 1.29 is 4.79 Å². The van der Waals surface area contributed by atoms with Crippen LogP contribution in [0.5, 0.6) is 0 Å². The van der Waals surface area contributed by atoms with Crippen molar-refractivity contribution in [2.45, 2.75) is 60.0 Å². The SMILES string of the molecule is CCc1ccc(C2CNCCN2C(=O)Cc2c(C)nn(CC(C)C)c2C)cc1.Cl. The molecule has 1 aliphatic heterocycles. The van der Waals surface area contributed by atoms with E-state index in [0.717, 1.165) is 49.6 Å². The molecule has 2 heterocycles. The van der Waals surface area contributed by atoms with Gasteiger partial charge in [-0.1, -0.05) is 45.0 Å². The summed E-state index contributed by atoms with van der Waals surface area (Å²) in [7, 11) is 0. The maximum atomic E-state index is 13.3. The molecule has 1 aromatic heterocycles. The molecule has 5 nitrogen and oxygen atoms in total. The average Bonchev–Trinajstić information content (AvgIpc) is 2.94. The highest BCUT2D eigenvalue weighted by Crippen LogP contribution is 2.25. The maximum Gasteiger partial charge on any atom is 0.227 e. The predicted molar refractivity (Wildman–Crippen MR) is 121 cm³/mol. The van der Waals surface area contributed by atoms with Gasteiger partial charge in [0.2, 0.25) is 5.91 Å².